The number of hydrogen-bond acceptors (Lipinski definition) is 5. The van der Waals surface area contributed by atoms with E-state index in [2.05, 4.69) is 10.3 Å². The smallest absolute Gasteiger partial charge is 0.282 e. The fraction of sp³-hybridized carbons (Fsp3) is 0.222. The molecule has 2 aliphatic heterocycles. The summed E-state index contributed by atoms with van der Waals surface area (Å²) < 4.78 is 27.4. The molecule has 0 aliphatic carbocycles. The Morgan fingerprint density at radius 3 is 2.60 bits per heavy atom. The molecule has 0 unspecified atom stereocenters. The molecule has 1 N–H and O–H groups in total. The van der Waals surface area contributed by atoms with E-state index in [4.69, 9.17) is 0 Å². The second-order valence-corrected chi connectivity index (χ2v) is 7.96. The van der Waals surface area contributed by atoms with Crippen LogP contribution >= 0.6 is 0 Å². The van der Waals surface area contributed by atoms with Crippen molar-refractivity contribution in [2.24, 2.45) is 0 Å². The minimum atomic E-state index is -3.86. The number of hydrogen-bond donors (Lipinski definition) is 1. The van der Waals surface area contributed by atoms with Crippen molar-refractivity contribution in [3.05, 3.63) is 64.5 Å². The number of aromatic nitrogens is 1. The number of carbonyl (C=O) groups is 1. The third kappa shape index (κ3) is 2.26. The number of Topliss-reactive ketones (excluding diaryl/α,β-unsaturated/α-hetero) is 1. The number of benzene rings is 1. The van der Waals surface area contributed by atoms with Crippen LogP contribution in [0.4, 0.5) is 0 Å². The van der Waals surface area contributed by atoms with Gasteiger partial charge in [-0.1, -0.05) is 30.3 Å². The normalized spacial score (nSPS) is 18.5. The van der Waals surface area contributed by atoms with Gasteiger partial charge in [-0.3, -0.25) is 9.10 Å². The summed E-state index contributed by atoms with van der Waals surface area (Å²) in [5, 5.41) is 3.07. The van der Waals surface area contributed by atoms with Gasteiger partial charge in [0, 0.05) is 12.2 Å². The zero-order chi connectivity index (χ0) is 17.8. The molecule has 25 heavy (non-hydrogen) atoms. The molecule has 6 nitrogen and oxygen atoms in total. The predicted octanol–water partition coefficient (Wildman–Crippen LogP) is 1.86. The molecule has 128 valence electrons. The van der Waals surface area contributed by atoms with Crippen molar-refractivity contribution in [3.8, 4) is 0 Å². The zero-order valence-electron chi connectivity index (χ0n) is 13.9. The molecule has 0 bridgehead atoms. The van der Waals surface area contributed by atoms with Crippen molar-refractivity contribution < 1.29 is 13.2 Å². The first-order chi connectivity index (χ1) is 11.9. The van der Waals surface area contributed by atoms with Gasteiger partial charge in [-0.2, -0.15) is 8.42 Å². The Labute approximate surface area is 146 Å². The van der Waals surface area contributed by atoms with Crippen molar-refractivity contribution in [2.45, 2.75) is 18.9 Å². The van der Waals surface area contributed by atoms with E-state index in [9.17, 15) is 13.2 Å². The number of nitrogens with zero attached hydrogens (tertiary/aromatic N) is 2. The first-order valence-electron chi connectivity index (χ1n) is 8.00. The van der Waals surface area contributed by atoms with Crippen LogP contribution in [-0.2, 0) is 10.0 Å². The number of carbonyl (C=O) groups excluding carboxylic acids is 1. The molecule has 0 atom stereocenters. The monoisotopic (exact) mass is 355 g/mol. The van der Waals surface area contributed by atoms with Crippen LogP contribution in [0.15, 0.2) is 47.1 Å². The Morgan fingerprint density at radius 1 is 1.16 bits per heavy atom. The Hall–Kier alpha value is -2.67. The maximum atomic E-state index is 13.2. The highest BCUT2D eigenvalue weighted by atomic mass is 32.2. The number of allylic oxidation sites excluding steroid dienone is 1. The van der Waals surface area contributed by atoms with E-state index in [1.165, 1.54) is 4.31 Å². The van der Waals surface area contributed by atoms with Gasteiger partial charge in [-0.05, 0) is 31.0 Å². The summed E-state index contributed by atoms with van der Waals surface area (Å²) >= 11 is 0. The lowest BCUT2D eigenvalue weighted by Gasteiger charge is -2.36. The fourth-order valence-corrected chi connectivity index (χ4v) is 5.13. The van der Waals surface area contributed by atoms with Crippen LogP contribution in [0.2, 0.25) is 0 Å². The van der Waals surface area contributed by atoms with Gasteiger partial charge in [0.1, 0.15) is 5.70 Å². The molecule has 2 aliphatic rings. The Bertz CT molecular complexity index is 1030. The van der Waals surface area contributed by atoms with E-state index in [1.807, 2.05) is 30.3 Å². The Kier molecular flexibility index (Phi) is 3.43. The first-order valence-corrected chi connectivity index (χ1v) is 9.44. The average molecular weight is 355 g/mol. The molecule has 1 aromatic carbocycles. The molecule has 0 saturated heterocycles. The van der Waals surface area contributed by atoms with E-state index in [0.717, 1.165) is 5.56 Å². The van der Waals surface area contributed by atoms with Gasteiger partial charge in [-0.25, -0.2) is 4.98 Å². The summed E-state index contributed by atoms with van der Waals surface area (Å²) in [5.41, 5.74) is 2.89. The molecule has 3 heterocycles. The highest BCUT2D eigenvalue weighted by molar-refractivity contribution is 7.89. The lowest BCUT2D eigenvalue weighted by atomic mass is 9.99. The number of sulfonamides is 1. The topological polar surface area (TPSA) is 79.4 Å². The fourth-order valence-electron chi connectivity index (χ4n) is 3.40. The van der Waals surface area contributed by atoms with Crippen LogP contribution in [0, 0.1) is 13.8 Å². The van der Waals surface area contributed by atoms with Gasteiger partial charge in [0.25, 0.3) is 10.0 Å². The molecule has 7 heteroatoms. The average Bonchev–Trinajstić information content (AvgIpc) is 2.59. The summed E-state index contributed by atoms with van der Waals surface area (Å²) in [6.07, 6.45) is 0. The van der Waals surface area contributed by atoms with E-state index in [-0.39, 0.29) is 28.6 Å². The number of aryl methyl sites for hydroxylation is 2. The van der Waals surface area contributed by atoms with E-state index in [0.29, 0.717) is 23.5 Å². The maximum Gasteiger partial charge on any atom is 0.282 e. The number of rotatable bonds is 1. The van der Waals surface area contributed by atoms with E-state index < -0.39 is 10.0 Å². The molecule has 0 amide bonds. The van der Waals surface area contributed by atoms with Gasteiger partial charge in [0.05, 0.1) is 17.8 Å². The largest absolute Gasteiger partial charge is 0.381 e. The molecule has 2 aromatic rings. The van der Waals surface area contributed by atoms with Crippen molar-refractivity contribution in [1.29, 1.82) is 0 Å². The van der Waals surface area contributed by atoms with Gasteiger partial charge >= 0.3 is 0 Å². The van der Waals surface area contributed by atoms with Crippen molar-refractivity contribution in [2.75, 3.05) is 13.1 Å². The first kappa shape index (κ1) is 15.8. The minimum absolute atomic E-state index is 0.131. The quantitative estimate of drug-likeness (QED) is 0.845. The predicted molar refractivity (Wildman–Crippen MR) is 93.3 cm³/mol. The molecule has 0 fully saturated rings. The van der Waals surface area contributed by atoms with E-state index in [1.54, 1.807) is 19.9 Å². The summed E-state index contributed by atoms with van der Waals surface area (Å²) in [6.45, 7) is 4.11. The van der Waals surface area contributed by atoms with Crippen LogP contribution in [0.5, 0.6) is 0 Å². The minimum Gasteiger partial charge on any atom is -0.381 e. The lowest BCUT2D eigenvalue weighted by Crippen LogP contribution is -2.48. The van der Waals surface area contributed by atoms with Crippen molar-refractivity contribution in [1.82, 2.24) is 14.6 Å². The number of ketones is 1. The molecule has 1 aromatic heterocycles. The summed E-state index contributed by atoms with van der Waals surface area (Å²) in [6, 6.07) is 11.0. The molecule has 0 saturated carbocycles. The van der Waals surface area contributed by atoms with Gasteiger partial charge in [-0.15, -0.1) is 0 Å². The highest BCUT2D eigenvalue weighted by Gasteiger charge is 2.44. The van der Waals surface area contributed by atoms with Gasteiger partial charge < -0.3 is 5.32 Å². The van der Waals surface area contributed by atoms with Crippen molar-refractivity contribution in [3.63, 3.8) is 0 Å². The Morgan fingerprint density at radius 2 is 1.88 bits per heavy atom. The lowest BCUT2D eigenvalue weighted by molar-refractivity contribution is 0.0997. The number of pyridine rings is 1. The van der Waals surface area contributed by atoms with Crippen LogP contribution in [0.3, 0.4) is 0 Å². The van der Waals surface area contributed by atoms with Crippen LogP contribution in [0.1, 0.15) is 27.2 Å². The number of fused-ring (bicyclic) bond motifs is 2. The van der Waals surface area contributed by atoms with E-state index >= 15 is 0 Å². The van der Waals surface area contributed by atoms with Crippen LogP contribution in [0.25, 0.3) is 5.70 Å². The molecular weight excluding hydrogens is 338 g/mol. The molecule has 0 spiro atoms. The maximum absolute atomic E-state index is 13.2. The highest BCUT2D eigenvalue weighted by Crippen LogP contribution is 2.37. The number of nitrogens with one attached hydrogen (secondary N) is 1. The third-order valence-corrected chi connectivity index (χ3v) is 6.18. The van der Waals surface area contributed by atoms with Crippen LogP contribution < -0.4 is 5.32 Å². The van der Waals surface area contributed by atoms with Gasteiger partial charge in [0.2, 0.25) is 5.78 Å². The zero-order valence-corrected chi connectivity index (χ0v) is 14.7. The van der Waals surface area contributed by atoms with Gasteiger partial charge in [0.15, 0.2) is 5.03 Å². The summed E-state index contributed by atoms with van der Waals surface area (Å²) in [4.78, 5) is 17.4. The Balaban J connectivity index is 2.06. The summed E-state index contributed by atoms with van der Waals surface area (Å²) in [5.74, 6) is -0.305. The third-order valence-electron chi connectivity index (χ3n) is 4.45. The molecule has 4 rings (SSSR count). The molecule has 0 radical (unpaired) electrons. The second-order valence-electron chi connectivity index (χ2n) is 6.18. The summed E-state index contributed by atoms with van der Waals surface area (Å²) in [7, 11) is -3.86. The standard InChI is InChI=1S/C18H17N3O3S/c1-11-10-12(2)20-18-14(11)17(22)16-15(13-6-4-3-5-7-13)19-8-9-21(16)25(18,23)24/h3-7,10,19H,8-9H2,1-2H3. The van der Waals surface area contributed by atoms with Crippen molar-refractivity contribution >= 4 is 21.5 Å². The molecular formula is C18H17N3O3S. The SMILES string of the molecule is Cc1cc(C)c2c(n1)S(=O)(=O)N1CCNC(c3ccccc3)=C1C2=O. The second kappa shape index (κ2) is 5.42. The van der Waals surface area contributed by atoms with Crippen LogP contribution in [-0.4, -0.2) is 36.6 Å².